The molecule has 0 saturated carbocycles. The Hall–Kier alpha value is -1.74. The van der Waals surface area contributed by atoms with Gasteiger partial charge in [-0.15, -0.1) is 10.2 Å². The molecule has 0 unspecified atom stereocenters. The van der Waals surface area contributed by atoms with E-state index in [-0.39, 0.29) is 13.0 Å². The molecule has 0 bridgehead atoms. The fourth-order valence-corrected chi connectivity index (χ4v) is 1.25. The molecule has 0 saturated heterocycles. The van der Waals surface area contributed by atoms with Crippen molar-refractivity contribution in [2.75, 3.05) is 11.9 Å². The van der Waals surface area contributed by atoms with E-state index in [4.69, 9.17) is 10.2 Å². The number of aliphatic carboxylic acids is 1. The van der Waals surface area contributed by atoms with Gasteiger partial charge >= 0.3 is 12.0 Å². The molecule has 0 aliphatic rings. The number of aliphatic hydroxyl groups is 1. The first kappa shape index (κ1) is 12.3. The number of urea groups is 1. The van der Waals surface area contributed by atoms with Gasteiger partial charge in [-0.25, -0.2) is 9.59 Å². The van der Waals surface area contributed by atoms with Crippen LogP contribution in [0.25, 0.3) is 0 Å². The highest BCUT2D eigenvalue weighted by Crippen LogP contribution is 2.06. The molecule has 1 aromatic rings. The summed E-state index contributed by atoms with van der Waals surface area (Å²) >= 11 is 1.16. The third-order valence-corrected chi connectivity index (χ3v) is 2.18. The standard InChI is InChI=1S/C7H10N4O4S/c12-4(5(13)14)1-2-8-6(15)10-7-11-9-3-16-7/h3-4,12H,1-2H2,(H,13,14)(H2,8,10,11,15)/t4-/m0/s1. The summed E-state index contributed by atoms with van der Waals surface area (Å²) in [7, 11) is 0. The third kappa shape index (κ3) is 4.19. The molecular formula is C7H10N4O4S. The highest BCUT2D eigenvalue weighted by Gasteiger charge is 2.12. The zero-order valence-electron chi connectivity index (χ0n) is 8.08. The second-order valence-electron chi connectivity index (χ2n) is 2.77. The van der Waals surface area contributed by atoms with E-state index < -0.39 is 18.1 Å². The first-order valence-electron chi connectivity index (χ1n) is 4.31. The van der Waals surface area contributed by atoms with E-state index in [0.717, 1.165) is 11.3 Å². The topological polar surface area (TPSA) is 124 Å². The monoisotopic (exact) mass is 246 g/mol. The molecule has 0 aromatic carbocycles. The highest BCUT2D eigenvalue weighted by molar-refractivity contribution is 7.13. The molecule has 16 heavy (non-hydrogen) atoms. The van der Waals surface area contributed by atoms with Gasteiger partial charge in [0.15, 0.2) is 6.10 Å². The number of nitrogens with zero attached hydrogens (tertiary/aromatic N) is 2. The first-order valence-corrected chi connectivity index (χ1v) is 5.19. The van der Waals surface area contributed by atoms with Gasteiger partial charge in [-0.3, -0.25) is 5.32 Å². The van der Waals surface area contributed by atoms with Crippen molar-refractivity contribution in [3.05, 3.63) is 5.51 Å². The van der Waals surface area contributed by atoms with E-state index in [1.54, 1.807) is 0 Å². The second kappa shape index (κ2) is 5.98. The molecular weight excluding hydrogens is 236 g/mol. The van der Waals surface area contributed by atoms with Gasteiger partial charge in [0.05, 0.1) is 0 Å². The average Bonchev–Trinajstić information content (AvgIpc) is 2.70. The number of aromatic nitrogens is 2. The largest absolute Gasteiger partial charge is 0.479 e. The molecule has 4 N–H and O–H groups in total. The molecule has 0 aliphatic carbocycles. The third-order valence-electron chi connectivity index (χ3n) is 1.57. The zero-order valence-corrected chi connectivity index (χ0v) is 8.90. The van der Waals surface area contributed by atoms with Crippen molar-refractivity contribution in [2.45, 2.75) is 12.5 Å². The van der Waals surface area contributed by atoms with E-state index in [9.17, 15) is 9.59 Å². The summed E-state index contributed by atoms with van der Waals surface area (Å²) in [6, 6.07) is -0.519. The predicted molar refractivity (Wildman–Crippen MR) is 55.2 cm³/mol. The maximum atomic E-state index is 11.1. The minimum absolute atomic E-state index is 0.0537. The summed E-state index contributed by atoms with van der Waals surface area (Å²) in [5.41, 5.74) is 1.46. The maximum Gasteiger partial charge on any atom is 0.332 e. The Kier molecular flexibility index (Phi) is 4.61. The fraction of sp³-hybridized carbons (Fsp3) is 0.429. The van der Waals surface area contributed by atoms with E-state index in [2.05, 4.69) is 20.8 Å². The van der Waals surface area contributed by atoms with Crippen LogP contribution in [-0.4, -0.2) is 45.1 Å². The first-order chi connectivity index (χ1) is 7.59. The van der Waals surface area contributed by atoms with Gasteiger partial charge in [0.25, 0.3) is 0 Å². The summed E-state index contributed by atoms with van der Waals surface area (Å²) < 4.78 is 0. The van der Waals surface area contributed by atoms with Gasteiger partial charge in [-0.1, -0.05) is 11.3 Å². The Labute approximate surface area is 94.3 Å². The number of carboxylic acids is 1. The Morgan fingerprint density at radius 3 is 2.88 bits per heavy atom. The van der Waals surface area contributed by atoms with Crippen molar-refractivity contribution in [1.82, 2.24) is 15.5 Å². The summed E-state index contributed by atoms with van der Waals surface area (Å²) in [6.07, 6.45) is -1.53. The molecule has 1 aromatic heterocycles. The van der Waals surface area contributed by atoms with Crippen LogP contribution < -0.4 is 10.6 Å². The summed E-state index contributed by atoms with van der Waals surface area (Å²) in [5.74, 6) is -1.31. The van der Waals surface area contributed by atoms with E-state index in [0.29, 0.717) is 5.13 Å². The number of carbonyl (C=O) groups excluding carboxylic acids is 1. The fourth-order valence-electron chi connectivity index (χ4n) is 0.815. The van der Waals surface area contributed by atoms with E-state index in [1.165, 1.54) is 5.51 Å². The normalized spacial score (nSPS) is 11.8. The Bertz CT molecular complexity index is 355. The van der Waals surface area contributed by atoms with Crippen molar-refractivity contribution >= 4 is 28.5 Å². The second-order valence-corrected chi connectivity index (χ2v) is 3.60. The van der Waals surface area contributed by atoms with Crippen molar-refractivity contribution in [3.63, 3.8) is 0 Å². The summed E-state index contributed by atoms with van der Waals surface area (Å²) in [5, 5.41) is 29.5. The van der Waals surface area contributed by atoms with E-state index >= 15 is 0 Å². The molecule has 1 atom stereocenters. The van der Waals surface area contributed by atoms with Gasteiger partial charge in [0, 0.05) is 13.0 Å². The highest BCUT2D eigenvalue weighted by atomic mass is 32.1. The molecule has 1 rings (SSSR count). The van der Waals surface area contributed by atoms with Crippen LogP contribution in [0.15, 0.2) is 5.51 Å². The zero-order chi connectivity index (χ0) is 12.0. The predicted octanol–water partition coefficient (Wildman–Crippen LogP) is -0.505. The average molecular weight is 246 g/mol. The molecule has 0 aliphatic heterocycles. The van der Waals surface area contributed by atoms with Crippen LogP contribution in [0.3, 0.4) is 0 Å². The SMILES string of the molecule is O=C(NCC[C@H](O)C(=O)O)Nc1nncs1. The molecule has 2 amide bonds. The van der Waals surface area contributed by atoms with Crippen LogP contribution in [0, 0.1) is 0 Å². The number of aliphatic hydroxyl groups excluding tert-OH is 1. The number of rotatable bonds is 5. The van der Waals surface area contributed by atoms with E-state index in [1.807, 2.05) is 0 Å². The minimum Gasteiger partial charge on any atom is -0.479 e. The van der Waals surface area contributed by atoms with Crippen molar-refractivity contribution in [2.24, 2.45) is 0 Å². The molecule has 0 spiro atoms. The lowest BCUT2D eigenvalue weighted by Gasteiger charge is -2.06. The van der Waals surface area contributed by atoms with Gasteiger partial charge < -0.3 is 15.5 Å². The Morgan fingerprint density at radius 1 is 1.56 bits per heavy atom. The van der Waals surface area contributed by atoms with Crippen molar-refractivity contribution in [3.8, 4) is 0 Å². The number of carboxylic acid groups (broad SMARTS) is 1. The lowest BCUT2D eigenvalue weighted by molar-refractivity contribution is -0.146. The Balaban J connectivity index is 2.18. The van der Waals surface area contributed by atoms with Gasteiger partial charge in [-0.05, 0) is 0 Å². The smallest absolute Gasteiger partial charge is 0.332 e. The molecule has 1 heterocycles. The van der Waals surface area contributed by atoms with Crippen LogP contribution in [0.4, 0.5) is 9.93 Å². The number of amides is 2. The van der Waals surface area contributed by atoms with Crippen LogP contribution in [0.1, 0.15) is 6.42 Å². The Morgan fingerprint density at radius 2 is 2.31 bits per heavy atom. The number of nitrogens with one attached hydrogen (secondary N) is 2. The van der Waals surface area contributed by atoms with Gasteiger partial charge in [0.2, 0.25) is 5.13 Å². The van der Waals surface area contributed by atoms with Crippen molar-refractivity contribution in [1.29, 1.82) is 0 Å². The molecule has 8 nitrogen and oxygen atoms in total. The van der Waals surface area contributed by atoms with Crippen molar-refractivity contribution < 1.29 is 19.8 Å². The molecule has 9 heteroatoms. The molecule has 88 valence electrons. The molecule has 0 fully saturated rings. The number of hydrogen-bond donors (Lipinski definition) is 4. The maximum absolute atomic E-state index is 11.1. The lowest BCUT2D eigenvalue weighted by Crippen LogP contribution is -2.33. The van der Waals surface area contributed by atoms with Crippen LogP contribution in [0.2, 0.25) is 0 Å². The van der Waals surface area contributed by atoms with Crippen LogP contribution >= 0.6 is 11.3 Å². The van der Waals surface area contributed by atoms with Gasteiger partial charge in [0.1, 0.15) is 5.51 Å². The van der Waals surface area contributed by atoms with Crippen LogP contribution in [-0.2, 0) is 4.79 Å². The minimum atomic E-state index is -1.47. The number of anilines is 1. The quantitative estimate of drug-likeness (QED) is 0.555. The summed E-state index contributed by atoms with van der Waals surface area (Å²) in [4.78, 5) is 21.4. The summed E-state index contributed by atoms with van der Waals surface area (Å²) in [6.45, 7) is 0.0537. The number of carbonyl (C=O) groups is 2. The van der Waals surface area contributed by atoms with Gasteiger partial charge in [-0.2, -0.15) is 0 Å². The lowest BCUT2D eigenvalue weighted by atomic mass is 10.2. The number of hydrogen-bond acceptors (Lipinski definition) is 6. The van der Waals surface area contributed by atoms with Crippen LogP contribution in [0.5, 0.6) is 0 Å². The molecule has 0 radical (unpaired) electrons.